The Hall–Kier alpha value is -2.87. The maximum atomic E-state index is 11.4. The second-order valence-electron chi connectivity index (χ2n) is 8.89. The number of anilines is 1. The average molecular weight is 486 g/mol. The molecule has 9 heteroatoms. The van der Waals surface area contributed by atoms with Gasteiger partial charge in [0.15, 0.2) is 5.82 Å². The molecule has 8 nitrogen and oxygen atoms in total. The minimum atomic E-state index is -0.705. The lowest BCUT2D eigenvalue weighted by Gasteiger charge is -2.25. The maximum Gasteiger partial charge on any atom is 0.306 e. The van der Waals surface area contributed by atoms with E-state index < -0.39 is 5.97 Å². The summed E-state index contributed by atoms with van der Waals surface area (Å²) in [4.78, 5) is 21.3. The molecule has 0 amide bonds. The number of aromatic nitrogens is 4. The number of nitrogens with one attached hydrogen (secondary N) is 1. The molecule has 1 aromatic carbocycles. The molecule has 0 bridgehead atoms. The smallest absolute Gasteiger partial charge is 0.306 e. The van der Waals surface area contributed by atoms with E-state index in [0.29, 0.717) is 36.8 Å². The lowest BCUT2D eigenvalue weighted by atomic mass is 9.81. The van der Waals surface area contributed by atoms with Crippen LogP contribution in [0.1, 0.15) is 69.0 Å². The van der Waals surface area contributed by atoms with Gasteiger partial charge in [-0.1, -0.05) is 31.0 Å². The third-order valence-electron chi connectivity index (χ3n) is 6.45. The van der Waals surface area contributed by atoms with Gasteiger partial charge in [0.05, 0.1) is 23.2 Å². The molecule has 0 spiro atoms. The number of halogens is 1. The molecule has 0 radical (unpaired) electrons. The van der Waals surface area contributed by atoms with Crippen LogP contribution in [0.5, 0.6) is 5.75 Å². The van der Waals surface area contributed by atoms with Crippen molar-refractivity contribution in [2.75, 3.05) is 11.9 Å². The van der Waals surface area contributed by atoms with Crippen molar-refractivity contribution in [2.24, 2.45) is 13.0 Å². The first kappa shape index (κ1) is 24.3. The molecule has 1 aliphatic rings. The number of hydrogen-bond donors (Lipinski definition) is 2. The van der Waals surface area contributed by atoms with Crippen LogP contribution in [0.25, 0.3) is 11.0 Å². The fourth-order valence-corrected chi connectivity index (χ4v) is 4.94. The van der Waals surface area contributed by atoms with E-state index in [1.807, 2.05) is 36.9 Å². The van der Waals surface area contributed by atoms with Crippen LogP contribution in [-0.4, -0.2) is 37.4 Å². The van der Waals surface area contributed by atoms with Crippen LogP contribution in [0.4, 0.5) is 5.82 Å². The largest absolute Gasteiger partial charge is 0.492 e. The van der Waals surface area contributed by atoms with Crippen LogP contribution in [-0.2, 0) is 24.8 Å². The Morgan fingerprint density at radius 1 is 1.24 bits per heavy atom. The molecule has 0 atom stereocenters. The highest BCUT2D eigenvalue weighted by molar-refractivity contribution is 6.32. The Labute approximate surface area is 204 Å². The summed E-state index contributed by atoms with van der Waals surface area (Å²) >= 11 is 6.37. The third-order valence-corrected chi connectivity index (χ3v) is 6.75. The highest BCUT2D eigenvalue weighted by atomic mass is 35.5. The van der Waals surface area contributed by atoms with Gasteiger partial charge in [0.25, 0.3) is 0 Å². The van der Waals surface area contributed by atoms with Gasteiger partial charge < -0.3 is 15.2 Å². The number of nitrogens with zero attached hydrogens (tertiary/aromatic N) is 4. The van der Waals surface area contributed by atoms with Gasteiger partial charge in [-0.05, 0) is 56.7 Å². The summed E-state index contributed by atoms with van der Waals surface area (Å²) in [5, 5.41) is 18.1. The van der Waals surface area contributed by atoms with E-state index in [1.54, 1.807) is 0 Å². The molecule has 34 heavy (non-hydrogen) atoms. The fraction of sp³-hybridized carbons (Fsp3) is 0.520. The molecule has 182 valence electrons. The first-order chi connectivity index (χ1) is 16.4. The number of aryl methyl sites for hydroxylation is 2. The van der Waals surface area contributed by atoms with Gasteiger partial charge in [0.1, 0.15) is 22.6 Å². The van der Waals surface area contributed by atoms with Gasteiger partial charge in [-0.15, -0.1) is 0 Å². The summed E-state index contributed by atoms with van der Waals surface area (Å²) in [5.41, 5.74) is 3.74. The Morgan fingerprint density at radius 3 is 2.65 bits per heavy atom. The highest BCUT2D eigenvalue weighted by Crippen LogP contribution is 2.36. The van der Waals surface area contributed by atoms with Crippen molar-refractivity contribution in [3.05, 3.63) is 40.3 Å². The average Bonchev–Trinajstić information content (AvgIpc) is 3.14. The number of carboxylic acid groups (broad SMARTS) is 1. The molecular formula is C25H32ClN5O3. The van der Waals surface area contributed by atoms with E-state index >= 15 is 0 Å². The normalized spacial score (nSPS) is 18.2. The van der Waals surface area contributed by atoms with E-state index in [1.165, 1.54) is 0 Å². The number of carbonyl (C=O) groups is 1. The number of benzene rings is 1. The summed E-state index contributed by atoms with van der Waals surface area (Å²) < 4.78 is 7.38. The van der Waals surface area contributed by atoms with E-state index in [9.17, 15) is 9.90 Å². The van der Waals surface area contributed by atoms with Gasteiger partial charge in [0.2, 0.25) is 0 Å². The van der Waals surface area contributed by atoms with Gasteiger partial charge in [0, 0.05) is 19.5 Å². The molecule has 0 aliphatic heterocycles. The van der Waals surface area contributed by atoms with Crippen LogP contribution in [0.2, 0.25) is 5.02 Å². The van der Waals surface area contributed by atoms with Gasteiger partial charge in [-0.25, -0.2) is 9.97 Å². The second kappa shape index (κ2) is 10.6. The quantitative estimate of drug-likeness (QED) is 0.421. The van der Waals surface area contributed by atoms with Gasteiger partial charge in [-0.3, -0.25) is 9.48 Å². The van der Waals surface area contributed by atoms with Crippen LogP contribution in [0, 0.1) is 5.92 Å². The molecule has 2 aromatic heterocycles. The van der Waals surface area contributed by atoms with Crippen LogP contribution in [0.15, 0.2) is 18.2 Å². The van der Waals surface area contributed by atoms with Crippen molar-refractivity contribution in [3.8, 4) is 5.75 Å². The fourth-order valence-electron chi connectivity index (χ4n) is 4.68. The summed E-state index contributed by atoms with van der Waals surface area (Å²) in [6.07, 6.45) is 4.68. The predicted octanol–water partition coefficient (Wildman–Crippen LogP) is 5.34. The molecule has 2 N–H and O–H groups in total. The minimum Gasteiger partial charge on any atom is -0.492 e. The SMILES string of the molecule is CCCc1nn(C)c2c(NCc3ccc(OCC)c(Cl)c3)nc(C3CCC(C(=O)O)CC3)nc12. The summed E-state index contributed by atoms with van der Waals surface area (Å²) in [5.74, 6) is 1.36. The van der Waals surface area contributed by atoms with Crippen molar-refractivity contribution in [3.63, 3.8) is 0 Å². The van der Waals surface area contributed by atoms with Crippen LogP contribution in [0.3, 0.4) is 0 Å². The summed E-state index contributed by atoms with van der Waals surface area (Å²) in [6, 6.07) is 5.77. The maximum absolute atomic E-state index is 11.4. The van der Waals surface area contributed by atoms with E-state index in [0.717, 1.165) is 59.6 Å². The Morgan fingerprint density at radius 2 is 2.00 bits per heavy atom. The number of hydrogen-bond acceptors (Lipinski definition) is 6. The molecule has 1 fully saturated rings. The van der Waals surface area contributed by atoms with Crippen molar-refractivity contribution >= 4 is 34.4 Å². The van der Waals surface area contributed by atoms with E-state index in [-0.39, 0.29) is 11.8 Å². The summed E-state index contributed by atoms with van der Waals surface area (Å²) in [6.45, 7) is 5.16. The standard InChI is InChI=1S/C25H32ClN5O3/c1-4-6-19-21-22(31(3)30-19)24(27-14-15-7-12-20(34-5-2)18(26)13-15)29-23(28-21)16-8-10-17(11-9-16)25(32)33/h7,12-13,16-17H,4-6,8-11,14H2,1-3H3,(H,32,33)(H,27,28,29). The Bertz CT molecular complexity index is 1170. The number of aliphatic carboxylic acids is 1. The zero-order chi connectivity index (χ0) is 24.2. The van der Waals surface area contributed by atoms with Crippen molar-refractivity contribution in [1.82, 2.24) is 19.7 Å². The molecular weight excluding hydrogens is 454 g/mol. The predicted molar refractivity (Wildman–Crippen MR) is 133 cm³/mol. The zero-order valence-corrected chi connectivity index (χ0v) is 20.7. The monoisotopic (exact) mass is 485 g/mol. The first-order valence-electron chi connectivity index (χ1n) is 12.0. The van der Waals surface area contributed by atoms with Crippen molar-refractivity contribution in [1.29, 1.82) is 0 Å². The van der Waals surface area contributed by atoms with E-state index in [2.05, 4.69) is 12.2 Å². The Balaban J connectivity index is 1.64. The topological polar surface area (TPSA) is 102 Å². The van der Waals surface area contributed by atoms with Gasteiger partial charge >= 0.3 is 5.97 Å². The van der Waals surface area contributed by atoms with E-state index in [4.69, 9.17) is 31.4 Å². The Kier molecular flexibility index (Phi) is 7.56. The molecule has 1 aliphatic carbocycles. The molecule has 2 heterocycles. The number of carboxylic acids is 1. The number of rotatable bonds is 9. The molecule has 3 aromatic rings. The lowest BCUT2D eigenvalue weighted by molar-refractivity contribution is -0.142. The number of ether oxygens (including phenoxy) is 1. The molecule has 1 saturated carbocycles. The molecule has 4 rings (SSSR count). The third kappa shape index (κ3) is 5.12. The van der Waals surface area contributed by atoms with Gasteiger partial charge in [-0.2, -0.15) is 5.10 Å². The summed E-state index contributed by atoms with van der Waals surface area (Å²) in [7, 11) is 1.92. The van der Waals surface area contributed by atoms with Crippen LogP contribution < -0.4 is 10.1 Å². The molecule has 0 unspecified atom stereocenters. The van der Waals surface area contributed by atoms with Crippen molar-refractivity contribution < 1.29 is 14.6 Å². The highest BCUT2D eigenvalue weighted by Gasteiger charge is 2.29. The first-order valence-corrected chi connectivity index (χ1v) is 12.4. The lowest BCUT2D eigenvalue weighted by Crippen LogP contribution is -2.21. The second-order valence-corrected chi connectivity index (χ2v) is 9.29. The molecule has 0 saturated heterocycles. The number of fused-ring (bicyclic) bond motifs is 1. The van der Waals surface area contributed by atoms with Crippen molar-refractivity contribution in [2.45, 2.75) is 64.8 Å². The van der Waals surface area contributed by atoms with Crippen LogP contribution >= 0.6 is 11.6 Å². The zero-order valence-electron chi connectivity index (χ0n) is 20.0. The minimum absolute atomic E-state index is 0.148.